The summed E-state index contributed by atoms with van der Waals surface area (Å²) in [6.07, 6.45) is 0.0508. The number of likely N-dealkylation sites (tertiary alicyclic amines) is 2. The van der Waals surface area contributed by atoms with Crippen molar-refractivity contribution >= 4 is 5.91 Å². The smallest absolute Gasteiger partial charge is 0.240 e. The Morgan fingerprint density at radius 1 is 1.10 bits per heavy atom. The lowest BCUT2D eigenvalue weighted by Gasteiger charge is -2.37. The molecule has 1 N–H and O–H groups in total. The fourth-order valence-electron chi connectivity index (χ4n) is 4.47. The highest BCUT2D eigenvalue weighted by molar-refractivity contribution is 5.84. The molecule has 0 saturated carbocycles. The third-order valence-corrected chi connectivity index (χ3v) is 6.18. The standard InChI is InChI=1S/C23H26F2N2O2/c1-15-2-4-16(5-3-15)13-27-11-9-21(23(27)29)26-10-8-18(20(25)14-26)17-6-7-22(28)19(24)12-17/h2-7,12,18,20-21,28H,8-11,13-14H2,1H3. The minimum Gasteiger partial charge on any atom is -0.505 e. The predicted molar refractivity (Wildman–Crippen MR) is 107 cm³/mol. The summed E-state index contributed by atoms with van der Waals surface area (Å²) in [5, 5.41) is 9.35. The van der Waals surface area contributed by atoms with Gasteiger partial charge in [-0.05, 0) is 49.6 Å². The average molecular weight is 400 g/mol. The van der Waals surface area contributed by atoms with Gasteiger partial charge in [-0.1, -0.05) is 35.9 Å². The second kappa shape index (κ2) is 8.11. The Morgan fingerprint density at radius 3 is 2.55 bits per heavy atom. The van der Waals surface area contributed by atoms with E-state index in [1.54, 1.807) is 6.07 Å². The molecular formula is C23H26F2N2O2. The van der Waals surface area contributed by atoms with E-state index in [-0.39, 0.29) is 18.5 Å². The van der Waals surface area contributed by atoms with E-state index in [9.17, 15) is 18.7 Å². The maximum atomic E-state index is 14.9. The van der Waals surface area contributed by atoms with Gasteiger partial charge in [0.25, 0.3) is 0 Å². The molecule has 0 aliphatic carbocycles. The summed E-state index contributed by atoms with van der Waals surface area (Å²) in [4.78, 5) is 16.7. The molecule has 4 rings (SSSR count). The molecule has 1 amide bonds. The number of hydrogen-bond acceptors (Lipinski definition) is 3. The first-order valence-corrected chi connectivity index (χ1v) is 10.1. The van der Waals surface area contributed by atoms with E-state index in [4.69, 9.17) is 0 Å². The Kier molecular flexibility index (Phi) is 5.54. The fourth-order valence-corrected chi connectivity index (χ4v) is 4.47. The number of aryl methyl sites for hydroxylation is 1. The van der Waals surface area contributed by atoms with Crippen LogP contribution in [0, 0.1) is 12.7 Å². The third kappa shape index (κ3) is 4.13. The normalized spacial score (nSPS) is 25.6. The number of amides is 1. The van der Waals surface area contributed by atoms with Crippen LogP contribution in [0.25, 0.3) is 0 Å². The number of hydrogen-bond donors (Lipinski definition) is 1. The van der Waals surface area contributed by atoms with Crippen molar-refractivity contribution in [2.24, 2.45) is 0 Å². The Morgan fingerprint density at radius 2 is 1.86 bits per heavy atom. The van der Waals surface area contributed by atoms with Gasteiger partial charge in [0.1, 0.15) is 6.17 Å². The quantitative estimate of drug-likeness (QED) is 0.850. The lowest BCUT2D eigenvalue weighted by Crippen LogP contribution is -2.49. The highest BCUT2D eigenvalue weighted by Gasteiger charge is 2.40. The number of carbonyl (C=O) groups excluding carboxylic acids is 1. The van der Waals surface area contributed by atoms with Crippen molar-refractivity contribution in [3.8, 4) is 5.75 Å². The number of phenolic OH excluding ortho intramolecular Hbond substituents is 1. The Labute approximate surface area is 169 Å². The number of nitrogens with zero attached hydrogens (tertiary/aromatic N) is 2. The number of benzene rings is 2. The van der Waals surface area contributed by atoms with Gasteiger partial charge in [-0.2, -0.15) is 0 Å². The van der Waals surface area contributed by atoms with Gasteiger partial charge >= 0.3 is 0 Å². The van der Waals surface area contributed by atoms with Gasteiger partial charge in [-0.25, -0.2) is 8.78 Å². The summed E-state index contributed by atoms with van der Waals surface area (Å²) >= 11 is 0. The fraction of sp³-hybridized carbons (Fsp3) is 0.435. The summed E-state index contributed by atoms with van der Waals surface area (Å²) in [5.74, 6) is -1.50. The first kappa shape index (κ1) is 19.8. The molecule has 29 heavy (non-hydrogen) atoms. The summed E-state index contributed by atoms with van der Waals surface area (Å²) in [7, 11) is 0. The van der Waals surface area contributed by atoms with Gasteiger partial charge in [-0.3, -0.25) is 9.69 Å². The van der Waals surface area contributed by atoms with E-state index < -0.39 is 23.7 Å². The van der Waals surface area contributed by atoms with E-state index in [2.05, 4.69) is 0 Å². The van der Waals surface area contributed by atoms with Crippen LogP contribution in [0.4, 0.5) is 8.78 Å². The zero-order chi connectivity index (χ0) is 20.5. The molecular weight excluding hydrogens is 374 g/mol. The van der Waals surface area contributed by atoms with E-state index in [0.29, 0.717) is 38.0 Å². The Hall–Kier alpha value is -2.47. The molecule has 0 radical (unpaired) electrons. The molecule has 2 aliphatic rings. The molecule has 0 bridgehead atoms. The average Bonchev–Trinajstić information content (AvgIpc) is 3.06. The first-order valence-electron chi connectivity index (χ1n) is 10.1. The number of aromatic hydroxyl groups is 1. The maximum Gasteiger partial charge on any atom is 0.240 e. The van der Waals surface area contributed by atoms with Gasteiger partial charge in [0.15, 0.2) is 11.6 Å². The highest BCUT2D eigenvalue weighted by atomic mass is 19.1. The van der Waals surface area contributed by atoms with Crippen LogP contribution in [0.15, 0.2) is 42.5 Å². The zero-order valence-corrected chi connectivity index (χ0v) is 16.5. The van der Waals surface area contributed by atoms with Crippen molar-refractivity contribution in [1.29, 1.82) is 0 Å². The van der Waals surface area contributed by atoms with Crippen LogP contribution < -0.4 is 0 Å². The van der Waals surface area contributed by atoms with E-state index in [1.165, 1.54) is 17.7 Å². The molecule has 3 unspecified atom stereocenters. The number of phenols is 1. The summed E-state index contributed by atoms with van der Waals surface area (Å²) in [5.41, 5.74) is 2.84. The molecule has 4 nitrogen and oxygen atoms in total. The lowest BCUT2D eigenvalue weighted by atomic mass is 9.87. The summed E-state index contributed by atoms with van der Waals surface area (Å²) in [6.45, 7) is 4.06. The highest BCUT2D eigenvalue weighted by Crippen LogP contribution is 2.34. The number of piperidine rings is 1. The van der Waals surface area contributed by atoms with Gasteiger partial charge in [0.05, 0.1) is 6.04 Å². The first-order chi connectivity index (χ1) is 13.9. The monoisotopic (exact) mass is 400 g/mol. The van der Waals surface area contributed by atoms with Crippen LogP contribution in [0.1, 0.15) is 35.4 Å². The van der Waals surface area contributed by atoms with Crippen LogP contribution >= 0.6 is 0 Å². The molecule has 2 saturated heterocycles. The predicted octanol–water partition coefficient (Wildman–Crippen LogP) is 3.77. The van der Waals surface area contributed by atoms with Gasteiger partial charge in [0, 0.05) is 25.6 Å². The largest absolute Gasteiger partial charge is 0.505 e. The lowest BCUT2D eigenvalue weighted by molar-refractivity contribution is -0.133. The van der Waals surface area contributed by atoms with E-state index >= 15 is 0 Å². The number of rotatable bonds is 4. The van der Waals surface area contributed by atoms with Crippen molar-refractivity contribution in [2.75, 3.05) is 19.6 Å². The van der Waals surface area contributed by atoms with Crippen molar-refractivity contribution in [1.82, 2.24) is 9.80 Å². The Bertz CT molecular complexity index is 887. The molecule has 2 aliphatic heterocycles. The minimum atomic E-state index is -1.17. The van der Waals surface area contributed by atoms with Crippen molar-refractivity contribution < 1.29 is 18.7 Å². The molecule has 2 aromatic carbocycles. The van der Waals surface area contributed by atoms with Crippen LogP contribution in [0.3, 0.4) is 0 Å². The molecule has 0 spiro atoms. The third-order valence-electron chi connectivity index (χ3n) is 6.18. The molecule has 2 fully saturated rings. The molecule has 2 aromatic rings. The van der Waals surface area contributed by atoms with E-state index in [1.807, 2.05) is 41.0 Å². The molecule has 3 atom stereocenters. The minimum absolute atomic E-state index is 0.0619. The van der Waals surface area contributed by atoms with Crippen molar-refractivity contribution in [2.45, 2.75) is 44.4 Å². The molecule has 2 heterocycles. The van der Waals surface area contributed by atoms with Gasteiger partial charge < -0.3 is 10.0 Å². The van der Waals surface area contributed by atoms with Gasteiger partial charge in [0.2, 0.25) is 5.91 Å². The molecule has 6 heteroatoms. The van der Waals surface area contributed by atoms with E-state index in [0.717, 1.165) is 5.56 Å². The maximum absolute atomic E-state index is 14.9. The van der Waals surface area contributed by atoms with Crippen molar-refractivity contribution in [3.63, 3.8) is 0 Å². The second-order valence-corrected chi connectivity index (χ2v) is 8.17. The van der Waals surface area contributed by atoms with Crippen LogP contribution in [0.5, 0.6) is 5.75 Å². The zero-order valence-electron chi connectivity index (χ0n) is 16.5. The molecule has 0 aromatic heterocycles. The molecule has 154 valence electrons. The number of alkyl halides is 1. The van der Waals surface area contributed by atoms with Gasteiger partial charge in [-0.15, -0.1) is 0 Å². The topological polar surface area (TPSA) is 43.8 Å². The Balaban J connectivity index is 1.38. The SMILES string of the molecule is Cc1ccc(CN2CCC(N3CCC(c4ccc(O)c(F)c4)C(F)C3)C2=O)cc1. The van der Waals surface area contributed by atoms with Crippen molar-refractivity contribution in [3.05, 3.63) is 65.0 Å². The van der Waals surface area contributed by atoms with Crippen LogP contribution in [0.2, 0.25) is 0 Å². The summed E-state index contributed by atoms with van der Waals surface area (Å²) in [6, 6.07) is 11.9. The second-order valence-electron chi connectivity index (χ2n) is 8.17. The van der Waals surface area contributed by atoms with Crippen LogP contribution in [-0.4, -0.2) is 52.7 Å². The number of carbonyl (C=O) groups is 1. The summed E-state index contributed by atoms with van der Waals surface area (Å²) < 4.78 is 28.6. The number of halogens is 2. The van der Waals surface area contributed by atoms with Crippen LogP contribution in [-0.2, 0) is 11.3 Å².